The van der Waals surface area contributed by atoms with Crippen LogP contribution in [-0.2, 0) is 20.7 Å². The van der Waals surface area contributed by atoms with Crippen LogP contribution in [0.2, 0.25) is 0 Å². The van der Waals surface area contributed by atoms with Crippen LogP contribution in [0.25, 0.3) is 0 Å². The van der Waals surface area contributed by atoms with E-state index < -0.39 is 29.2 Å². The molecule has 1 fully saturated rings. The maximum absolute atomic E-state index is 12.3. The van der Waals surface area contributed by atoms with Crippen molar-refractivity contribution in [3.8, 4) is 0 Å². The molecule has 0 saturated carbocycles. The van der Waals surface area contributed by atoms with Crippen molar-refractivity contribution in [1.82, 2.24) is 0 Å². The number of benzene rings is 2. The highest BCUT2D eigenvalue weighted by molar-refractivity contribution is 6.01. The number of amides is 1. The molecule has 1 amide bonds. The first-order valence-electron chi connectivity index (χ1n) is 9.22. The molecule has 2 aromatic carbocycles. The van der Waals surface area contributed by atoms with E-state index in [4.69, 9.17) is 4.74 Å². The van der Waals surface area contributed by atoms with Crippen molar-refractivity contribution in [1.29, 1.82) is 0 Å². The van der Waals surface area contributed by atoms with Gasteiger partial charge < -0.3 is 9.64 Å². The van der Waals surface area contributed by atoms with Gasteiger partial charge in [0, 0.05) is 36.3 Å². The van der Waals surface area contributed by atoms with Crippen LogP contribution >= 0.6 is 0 Å². The number of nitro benzene ring substituents is 1. The number of ketones is 1. The van der Waals surface area contributed by atoms with Crippen molar-refractivity contribution in [2.45, 2.75) is 19.8 Å². The molecular formula is C21H20N2O6. The van der Waals surface area contributed by atoms with Crippen LogP contribution in [0.1, 0.15) is 29.3 Å². The standard InChI is InChI=1S/C21H20N2O6/c1-2-14-3-7-17(8-4-14)22-12-16(11-20(22)25)21(26)29-13-19(24)15-5-9-18(10-6-15)23(27)28/h3-10,16H,2,11-13H2,1H3/t16-/m0/s1. The van der Waals surface area contributed by atoms with Crippen LogP contribution in [-0.4, -0.2) is 35.7 Å². The Bertz CT molecular complexity index is 937. The predicted molar refractivity (Wildman–Crippen MR) is 105 cm³/mol. The van der Waals surface area contributed by atoms with E-state index in [0.717, 1.165) is 17.7 Å². The number of non-ortho nitro benzene ring substituents is 1. The van der Waals surface area contributed by atoms with Crippen LogP contribution in [0.3, 0.4) is 0 Å². The van der Waals surface area contributed by atoms with Crippen molar-refractivity contribution in [3.05, 3.63) is 69.8 Å². The number of hydrogen-bond acceptors (Lipinski definition) is 6. The minimum absolute atomic E-state index is 0.0279. The lowest BCUT2D eigenvalue weighted by Crippen LogP contribution is -2.27. The number of esters is 1. The fourth-order valence-electron chi connectivity index (χ4n) is 3.13. The molecule has 1 aliphatic rings. The quantitative estimate of drug-likeness (QED) is 0.308. The molecule has 8 heteroatoms. The number of rotatable bonds is 7. The molecule has 150 valence electrons. The van der Waals surface area contributed by atoms with E-state index >= 15 is 0 Å². The van der Waals surface area contributed by atoms with E-state index in [2.05, 4.69) is 0 Å². The molecule has 8 nitrogen and oxygen atoms in total. The number of carbonyl (C=O) groups is 3. The van der Waals surface area contributed by atoms with E-state index in [0.29, 0.717) is 0 Å². The van der Waals surface area contributed by atoms with E-state index in [-0.39, 0.29) is 30.1 Å². The molecule has 0 N–H and O–H groups in total. The molecule has 0 aromatic heterocycles. The second-order valence-electron chi connectivity index (χ2n) is 6.76. The van der Waals surface area contributed by atoms with Gasteiger partial charge in [0.25, 0.3) is 5.69 Å². The Hall–Kier alpha value is -3.55. The van der Waals surface area contributed by atoms with E-state index in [1.54, 1.807) is 4.90 Å². The summed E-state index contributed by atoms with van der Waals surface area (Å²) in [5, 5.41) is 10.7. The monoisotopic (exact) mass is 396 g/mol. The van der Waals surface area contributed by atoms with Gasteiger partial charge in [-0.25, -0.2) is 0 Å². The van der Waals surface area contributed by atoms with Gasteiger partial charge in [-0.15, -0.1) is 0 Å². The first-order chi connectivity index (χ1) is 13.9. The van der Waals surface area contributed by atoms with Crippen molar-refractivity contribution in [2.24, 2.45) is 5.92 Å². The van der Waals surface area contributed by atoms with Crippen LogP contribution in [0.15, 0.2) is 48.5 Å². The van der Waals surface area contributed by atoms with Crippen molar-refractivity contribution in [2.75, 3.05) is 18.1 Å². The SMILES string of the molecule is CCc1ccc(N2C[C@@H](C(=O)OCC(=O)c3ccc([N+](=O)[O-])cc3)CC2=O)cc1. The lowest BCUT2D eigenvalue weighted by Gasteiger charge is -2.17. The Kier molecular flexibility index (Phi) is 6.01. The summed E-state index contributed by atoms with van der Waals surface area (Å²) in [5.41, 5.74) is 1.96. The molecule has 29 heavy (non-hydrogen) atoms. The summed E-state index contributed by atoms with van der Waals surface area (Å²) in [6, 6.07) is 12.6. The molecular weight excluding hydrogens is 376 g/mol. The summed E-state index contributed by atoms with van der Waals surface area (Å²) in [6.45, 7) is 1.77. The smallest absolute Gasteiger partial charge is 0.311 e. The number of hydrogen-bond donors (Lipinski definition) is 0. The molecule has 1 atom stereocenters. The number of Topliss-reactive ketones (excluding diaryl/α,β-unsaturated/α-hetero) is 1. The third-order valence-corrected chi connectivity index (χ3v) is 4.86. The van der Waals surface area contributed by atoms with Crippen LogP contribution in [0.4, 0.5) is 11.4 Å². The van der Waals surface area contributed by atoms with Gasteiger partial charge in [0.1, 0.15) is 0 Å². The number of nitrogens with zero attached hydrogens (tertiary/aromatic N) is 2. The van der Waals surface area contributed by atoms with Gasteiger partial charge in [-0.2, -0.15) is 0 Å². The summed E-state index contributed by atoms with van der Waals surface area (Å²) >= 11 is 0. The second-order valence-corrected chi connectivity index (χ2v) is 6.76. The van der Waals surface area contributed by atoms with Gasteiger partial charge >= 0.3 is 5.97 Å². The van der Waals surface area contributed by atoms with Crippen LogP contribution < -0.4 is 4.90 Å². The highest BCUT2D eigenvalue weighted by Crippen LogP contribution is 2.26. The van der Waals surface area contributed by atoms with Crippen LogP contribution in [0, 0.1) is 16.0 Å². The molecule has 0 bridgehead atoms. The van der Waals surface area contributed by atoms with Crippen molar-refractivity contribution in [3.63, 3.8) is 0 Å². The first-order valence-corrected chi connectivity index (χ1v) is 9.22. The molecule has 3 rings (SSSR count). The van der Waals surface area contributed by atoms with Crippen molar-refractivity contribution < 1.29 is 24.0 Å². The Labute approximate surface area is 167 Å². The lowest BCUT2D eigenvalue weighted by atomic mass is 10.1. The zero-order valence-electron chi connectivity index (χ0n) is 15.9. The summed E-state index contributed by atoms with van der Waals surface area (Å²) < 4.78 is 5.09. The summed E-state index contributed by atoms with van der Waals surface area (Å²) in [6.07, 6.45) is 0.923. The molecule has 1 heterocycles. The third-order valence-electron chi connectivity index (χ3n) is 4.86. The molecule has 0 spiro atoms. The number of ether oxygens (including phenoxy) is 1. The minimum Gasteiger partial charge on any atom is -0.457 e. The van der Waals surface area contributed by atoms with Gasteiger partial charge in [-0.3, -0.25) is 24.5 Å². The van der Waals surface area contributed by atoms with Crippen molar-refractivity contribution >= 4 is 29.0 Å². The number of anilines is 1. The first kappa shape index (κ1) is 20.2. The maximum atomic E-state index is 12.3. The van der Waals surface area contributed by atoms with E-state index in [1.165, 1.54) is 24.3 Å². The van der Waals surface area contributed by atoms with Gasteiger partial charge in [-0.05, 0) is 36.2 Å². The number of aryl methyl sites for hydroxylation is 1. The summed E-state index contributed by atoms with van der Waals surface area (Å²) in [7, 11) is 0. The Morgan fingerprint density at radius 3 is 2.38 bits per heavy atom. The van der Waals surface area contributed by atoms with E-state index in [1.807, 2.05) is 31.2 Å². The predicted octanol–water partition coefficient (Wildman–Crippen LogP) is 2.94. The maximum Gasteiger partial charge on any atom is 0.311 e. The largest absolute Gasteiger partial charge is 0.457 e. The third kappa shape index (κ3) is 4.66. The normalized spacial score (nSPS) is 16.0. The van der Waals surface area contributed by atoms with E-state index in [9.17, 15) is 24.5 Å². The molecule has 1 saturated heterocycles. The van der Waals surface area contributed by atoms with Gasteiger partial charge in [0.05, 0.1) is 10.8 Å². The second kappa shape index (κ2) is 8.64. The zero-order chi connectivity index (χ0) is 21.0. The fraction of sp³-hybridized carbons (Fsp3) is 0.286. The average molecular weight is 396 g/mol. The number of carbonyl (C=O) groups excluding carboxylic acids is 3. The summed E-state index contributed by atoms with van der Waals surface area (Å²) in [5.74, 6) is -1.89. The average Bonchev–Trinajstić information content (AvgIpc) is 3.13. The van der Waals surface area contributed by atoms with Gasteiger partial charge in [0.15, 0.2) is 12.4 Å². The Balaban J connectivity index is 1.56. The topological polar surface area (TPSA) is 107 Å². The Morgan fingerprint density at radius 1 is 1.14 bits per heavy atom. The highest BCUT2D eigenvalue weighted by atomic mass is 16.6. The fourth-order valence-corrected chi connectivity index (χ4v) is 3.13. The zero-order valence-corrected chi connectivity index (χ0v) is 15.9. The lowest BCUT2D eigenvalue weighted by molar-refractivity contribution is -0.384. The number of nitro groups is 1. The molecule has 0 radical (unpaired) electrons. The molecule has 1 aliphatic heterocycles. The van der Waals surface area contributed by atoms with Gasteiger partial charge in [0.2, 0.25) is 5.91 Å². The minimum atomic E-state index is -0.641. The van der Waals surface area contributed by atoms with Crippen LogP contribution in [0.5, 0.6) is 0 Å². The highest BCUT2D eigenvalue weighted by Gasteiger charge is 2.36. The molecule has 0 aliphatic carbocycles. The molecule has 2 aromatic rings. The summed E-state index contributed by atoms with van der Waals surface area (Å²) in [4.78, 5) is 48.4. The molecule has 0 unspecified atom stereocenters. The van der Waals surface area contributed by atoms with Gasteiger partial charge in [-0.1, -0.05) is 19.1 Å². The Morgan fingerprint density at radius 2 is 1.79 bits per heavy atom.